The summed E-state index contributed by atoms with van der Waals surface area (Å²) in [4.78, 5) is 10.7. The number of aldehydes is 1. The Labute approximate surface area is 148 Å². The van der Waals surface area contributed by atoms with E-state index >= 15 is 0 Å². The Balaban J connectivity index is 1.99. The predicted molar refractivity (Wildman–Crippen MR) is 96.2 cm³/mol. The van der Waals surface area contributed by atoms with Gasteiger partial charge in [0.05, 0.1) is 13.2 Å². The number of allylic oxidation sites excluding steroid dienone is 1. The van der Waals surface area contributed by atoms with Crippen LogP contribution in [0.4, 0.5) is 4.39 Å². The number of hydrogen-bond donors (Lipinski definition) is 0. The Morgan fingerprint density at radius 1 is 1.16 bits per heavy atom. The minimum atomic E-state index is -0.419. The first-order valence-corrected chi connectivity index (χ1v) is 8.13. The Bertz CT molecular complexity index is 736. The number of halogens is 1. The molecule has 2 aromatic rings. The predicted octanol–water partition coefficient (Wildman–Crippen LogP) is 5.31. The monoisotopic (exact) mass is 342 g/mol. The van der Waals surface area contributed by atoms with E-state index in [1.807, 2.05) is 38.1 Å². The van der Waals surface area contributed by atoms with Crippen LogP contribution in [-0.4, -0.2) is 12.9 Å². The summed E-state index contributed by atoms with van der Waals surface area (Å²) >= 11 is 0. The van der Waals surface area contributed by atoms with Crippen LogP contribution < -0.4 is 4.74 Å². The van der Waals surface area contributed by atoms with Gasteiger partial charge in [0.1, 0.15) is 12.0 Å². The van der Waals surface area contributed by atoms with E-state index in [1.165, 1.54) is 6.07 Å². The van der Waals surface area contributed by atoms with Gasteiger partial charge in [-0.05, 0) is 42.3 Å². The van der Waals surface area contributed by atoms with Crippen molar-refractivity contribution in [1.29, 1.82) is 0 Å². The van der Waals surface area contributed by atoms with E-state index in [4.69, 9.17) is 9.47 Å². The molecule has 0 aliphatic rings. The summed E-state index contributed by atoms with van der Waals surface area (Å²) in [6, 6.07) is 13.8. The van der Waals surface area contributed by atoms with Gasteiger partial charge in [0, 0.05) is 5.41 Å². The first-order valence-electron chi connectivity index (χ1n) is 8.13. The van der Waals surface area contributed by atoms with Crippen LogP contribution in [0.3, 0.4) is 0 Å². The van der Waals surface area contributed by atoms with Crippen molar-refractivity contribution < 1.29 is 18.7 Å². The van der Waals surface area contributed by atoms with Gasteiger partial charge in [-0.25, -0.2) is 4.39 Å². The maximum absolute atomic E-state index is 13.9. The molecule has 0 atom stereocenters. The second-order valence-corrected chi connectivity index (χ2v) is 6.67. The van der Waals surface area contributed by atoms with Crippen LogP contribution in [0, 0.1) is 11.2 Å². The van der Waals surface area contributed by atoms with Gasteiger partial charge in [0.2, 0.25) is 0 Å². The Kier molecular flexibility index (Phi) is 6.48. The minimum absolute atomic E-state index is 0.170. The van der Waals surface area contributed by atoms with Gasteiger partial charge in [0.25, 0.3) is 0 Å². The van der Waals surface area contributed by atoms with Gasteiger partial charge in [-0.15, -0.1) is 0 Å². The van der Waals surface area contributed by atoms with Crippen LogP contribution in [0.1, 0.15) is 26.3 Å². The maximum atomic E-state index is 13.9. The van der Waals surface area contributed by atoms with Gasteiger partial charge >= 0.3 is 0 Å². The third-order valence-corrected chi connectivity index (χ3v) is 3.51. The second-order valence-electron chi connectivity index (χ2n) is 6.67. The molecule has 0 fully saturated rings. The van der Waals surface area contributed by atoms with Crippen molar-refractivity contribution in [1.82, 2.24) is 0 Å². The largest absolute Gasteiger partial charge is 0.454 e. The van der Waals surface area contributed by atoms with Crippen molar-refractivity contribution in [2.75, 3.05) is 6.61 Å². The molecule has 25 heavy (non-hydrogen) atoms. The highest BCUT2D eigenvalue weighted by Gasteiger charge is 2.15. The lowest BCUT2D eigenvalue weighted by atomic mass is 9.92. The Morgan fingerprint density at radius 3 is 2.56 bits per heavy atom. The zero-order chi connectivity index (χ0) is 18.3. The van der Waals surface area contributed by atoms with Gasteiger partial charge in [0.15, 0.2) is 11.6 Å². The van der Waals surface area contributed by atoms with Crippen molar-refractivity contribution in [3.63, 3.8) is 0 Å². The molecule has 2 rings (SSSR count). The van der Waals surface area contributed by atoms with Crippen molar-refractivity contribution in [2.24, 2.45) is 5.41 Å². The molecule has 132 valence electrons. The number of carbonyl (C=O) groups excluding carboxylic acids is 1. The summed E-state index contributed by atoms with van der Waals surface area (Å²) in [6.45, 7) is 6.54. The van der Waals surface area contributed by atoms with E-state index in [-0.39, 0.29) is 11.2 Å². The van der Waals surface area contributed by atoms with Crippen molar-refractivity contribution in [3.05, 3.63) is 71.6 Å². The lowest BCUT2D eigenvalue weighted by Gasteiger charge is -2.21. The number of ether oxygens (including phenoxy) is 2. The van der Waals surface area contributed by atoms with E-state index in [2.05, 4.69) is 0 Å². The van der Waals surface area contributed by atoms with Crippen LogP contribution >= 0.6 is 0 Å². The minimum Gasteiger partial charge on any atom is -0.454 e. The molecular weight excluding hydrogens is 319 g/mol. The first-order chi connectivity index (χ1) is 11.9. The average Bonchev–Trinajstić information content (AvgIpc) is 2.58. The van der Waals surface area contributed by atoms with E-state index < -0.39 is 5.82 Å². The smallest absolute Gasteiger partial charge is 0.165 e. The fraction of sp³-hybridized carbons (Fsp3) is 0.286. The standard InChI is InChI=1S/C21H23FO3/c1-16(13-23)12-21(2,3)15-24-14-17-9-10-19(22)20(11-17)25-18-7-5-4-6-8-18/h4-13H,14-15H2,1-3H3. The van der Waals surface area contributed by atoms with E-state index in [0.717, 1.165) is 11.8 Å². The van der Waals surface area contributed by atoms with Crippen LogP contribution in [-0.2, 0) is 16.1 Å². The number of benzene rings is 2. The summed E-state index contributed by atoms with van der Waals surface area (Å²) in [5.41, 5.74) is 1.24. The molecule has 0 N–H and O–H groups in total. The molecule has 0 saturated carbocycles. The molecule has 0 saturated heterocycles. The van der Waals surface area contributed by atoms with E-state index in [1.54, 1.807) is 31.2 Å². The molecule has 0 spiro atoms. The van der Waals surface area contributed by atoms with Crippen molar-refractivity contribution >= 4 is 6.29 Å². The number of carbonyl (C=O) groups is 1. The molecule has 3 nitrogen and oxygen atoms in total. The van der Waals surface area contributed by atoms with Gasteiger partial charge < -0.3 is 9.47 Å². The first kappa shape index (κ1) is 18.9. The fourth-order valence-corrected chi connectivity index (χ4v) is 2.46. The molecule has 0 aromatic heterocycles. The zero-order valence-corrected chi connectivity index (χ0v) is 14.8. The molecule has 4 heteroatoms. The quantitative estimate of drug-likeness (QED) is 0.482. The van der Waals surface area contributed by atoms with Crippen molar-refractivity contribution in [2.45, 2.75) is 27.4 Å². The summed E-state index contributed by atoms with van der Waals surface area (Å²) in [5, 5.41) is 0. The van der Waals surface area contributed by atoms with E-state index in [9.17, 15) is 9.18 Å². The highest BCUT2D eigenvalue weighted by atomic mass is 19.1. The van der Waals surface area contributed by atoms with Crippen LogP contribution in [0.25, 0.3) is 0 Å². The molecule has 0 heterocycles. The van der Waals surface area contributed by atoms with Gasteiger partial charge in [-0.3, -0.25) is 4.79 Å². The molecule has 0 radical (unpaired) electrons. The highest BCUT2D eigenvalue weighted by molar-refractivity contribution is 5.72. The summed E-state index contributed by atoms with van der Waals surface area (Å²) in [5.74, 6) is 0.329. The molecule has 0 aliphatic heterocycles. The third-order valence-electron chi connectivity index (χ3n) is 3.51. The lowest BCUT2D eigenvalue weighted by molar-refractivity contribution is -0.104. The molecule has 0 amide bonds. The highest BCUT2D eigenvalue weighted by Crippen LogP contribution is 2.26. The SMILES string of the molecule is CC(C=O)=CC(C)(C)COCc1ccc(F)c(Oc2ccccc2)c1. The summed E-state index contributed by atoms with van der Waals surface area (Å²) in [7, 11) is 0. The lowest BCUT2D eigenvalue weighted by Crippen LogP contribution is -2.17. The van der Waals surface area contributed by atoms with E-state index in [0.29, 0.717) is 24.5 Å². The molecule has 0 unspecified atom stereocenters. The number of hydrogen-bond acceptors (Lipinski definition) is 3. The summed E-state index contributed by atoms with van der Waals surface area (Å²) in [6.07, 6.45) is 2.71. The molecule has 0 aliphatic carbocycles. The normalized spacial score (nSPS) is 12.1. The number of para-hydroxylation sites is 1. The molecule has 2 aromatic carbocycles. The zero-order valence-electron chi connectivity index (χ0n) is 14.8. The fourth-order valence-electron chi connectivity index (χ4n) is 2.46. The molecule has 0 bridgehead atoms. The van der Waals surface area contributed by atoms with Gasteiger partial charge in [-0.2, -0.15) is 0 Å². The van der Waals surface area contributed by atoms with Crippen molar-refractivity contribution in [3.8, 4) is 11.5 Å². The average molecular weight is 342 g/mol. The third kappa shape index (κ3) is 6.16. The molecular formula is C21H23FO3. The maximum Gasteiger partial charge on any atom is 0.165 e. The second kappa shape index (κ2) is 8.58. The summed E-state index contributed by atoms with van der Waals surface area (Å²) < 4.78 is 25.3. The van der Waals surface area contributed by atoms with Crippen LogP contribution in [0.5, 0.6) is 11.5 Å². The Hall–Kier alpha value is -2.46. The van der Waals surface area contributed by atoms with Crippen LogP contribution in [0.15, 0.2) is 60.2 Å². The Morgan fingerprint density at radius 2 is 1.88 bits per heavy atom. The topological polar surface area (TPSA) is 35.5 Å². The van der Waals surface area contributed by atoms with Crippen LogP contribution in [0.2, 0.25) is 0 Å². The van der Waals surface area contributed by atoms with Gasteiger partial charge in [-0.1, -0.05) is 44.2 Å². The number of rotatable bonds is 8.